The molecular weight excluding hydrogens is 266 g/mol. The van der Waals surface area contributed by atoms with Gasteiger partial charge in [0, 0.05) is 11.8 Å². The number of ketones is 2. The van der Waals surface area contributed by atoms with E-state index in [0.29, 0.717) is 17.9 Å². The number of rotatable bonds is 4. The standard InChI is InChI=1S/C17H15NO3/c19-15(11-16(20)14-5-1-2-8-18-14)13-7-6-12-4-3-9-21-17(12)10-13/h1-2,5-8,10H,3-4,9,11H2. The number of hydrogen-bond donors (Lipinski definition) is 0. The Morgan fingerprint density at radius 2 is 2.05 bits per heavy atom. The Morgan fingerprint density at radius 3 is 2.86 bits per heavy atom. The van der Waals surface area contributed by atoms with E-state index < -0.39 is 0 Å². The number of carbonyl (C=O) groups excluding carboxylic acids is 2. The van der Waals surface area contributed by atoms with E-state index in [0.717, 1.165) is 24.2 Å². The predicted octanol–water partition coefficient (Wildman–Crippen LogP) is 2.86. The second-order valence-electron chi connectivity index (χ2n) is 5.01. The number of fused-ring (bicyclic) bond motifs is 1. The van der Waals surface area contributed by atoms with Crippen molar-refractivity contribution in [2.45, 2.75) is 19.3 Å². The van der Waals surface area contributed by atoms with Gasteiger partial charge in [-0.05, 0) is 36.6 Å². The molecule has 1 aromatic carbocycles. The van der Waals surface area contributed by atoms with Gasteiger partial charge in [-0.1, -0.05) is 18.2 Å². The number of pyridine rings is 1. The van der Waals surface area contributed by atoms with Crippen LogP contribution in [0.2, 0.25) is 0 Å². The predicted molar refractivity (Wildman–Crippen MR) is 77.8 cm³/mol. The second-order valence-corrected chi connectivity index (χ2v) is 5.01. The molecule has 0 bridgehead atoms. The van der Waals surface area contributed by atoms with Crippen molar-refractivity contribution in [1.29, 1.82) is 0 Å². The van der Waals surface area contributed by atoms with E-state index >= 15 is 0 Å². The Labute approximate surface area is 122 Å². The molecule has 106 valence electrons. The van der Waals surface area contributed by atoms with E-state index in [1.165, 1.54) is 0 Å². The van der Waals surface area contributed by atoms with Crippen molar-refractivity contribution in [3.8, 4) is 5.75 Å². The molecule has 1 aromatic heterocycles. The molecule has 0 saturated carbocycles. The van der Waals surface area contributed by atoms with Gasteiger partial charge >= 0.3 is 0 Å². The summed E-state index contributed by atoms with van der Waals surface area (Å²) in [4.78, 5) is 28.2. The first-order valence-corrected chi connectivity index (χ1v) is 6.97. The summed E-state index contributed by atoms with van der Waals surface area (Å²) >= 11 is 0. The fraction of sp³-hybridized carbons (Fsp3) is 0.235. The zero-order valence-electron chi connectivity index (χ0n) is 11.5. The van der Waals surface area contributed by atoms with Crippen LogP contribution >= 0.6 is 0 Å². The van der Waals surface area contributed by atoms with Crippen molar-refractivity contribution >= 4 is 11.6 Å². The summed E-state index contributed by atoms with van der Waals surface area (Å²) in [5, 5.41) is 0. The van der Waals surface area contributed by atoms with Crippen LogP contribution < -0.4 is 4.74 Å². The average molecular weight is 281 g/mol. The highest BCUT2D eigenvalue weighted by Crippen LogP contribution is 2.26. The number of aromatic nitrogens is 1. The zero-order chi connectivity index (χ0) is 14.7. The van der Waals surface area contributed by atoms with Gasteiger partial charge in [-0.2, -0.15) is 0 Å². The Hall–Kier alpha value is -2.49. The van der Waals surface area contributed by atoms with Crippen molar-refractivity contribution in [3.63, 3.8) is 0 Å². The number of hydrogen-bond acceptors (Lipinski definition) is 4. The zero-order valence-corrected chi connectivity index (χ0v) is 11.5. The summed E-state index contributed by atoms with van der Waals surface area (Å²) in [6, 6.07) is 10.5. The first kappa shape index (κ1) is 13.5. The van der Waals surface area contributed by atoms with Gasteiger partial charge in [-0.25, -0.2) is 0 Å². The quantitative estimate of drug-likeness (QED) is 0.638. The van der Waals surface area contributed by atoms with Gasteiger partial charge in [0.1, 0.15) is 11.4 Å². The third-order valence-corrected chi connectivity index (χ3v) is 3.51. The van der Waals surface area contributed by atoms with E-state index in [-0.39, 0.29) is 18.0 Å². The highest BCUT2D eigenvalue weighted by atomic mass is 16.5. The SMILES string of the molecule is O=C(CC(=O)c1ccccn1)c1ccc2c(c1)OCCC2. The number of Topliss-reactive ketones (excluding diaryl/α,β-unsaturated/α-hetero) is 2. The molecule has 21 heavy (non-hydrogen) atoms. The minimum atomic E-state index is -0.265. The van der Waals surface area contributed by atoms with Crippen LogP contribution in [0.1, 0.15) is 39.3 Å². The van der Waals surface area contributed by atoms with Crippen LogP contribution in [0.5, 0.6) is 5.75 Å². The minimum absolute atomic E-state index is 0.171. The molecule has 0 aliphatic carbocycles. The van der Waals surface area contributed by atoms with Crippen LogP contribution in [0, 0.1) is 0 Å². The number of carbonyl (C=O) groups is 2. The van der Waals surface area contributed by atoms with Gasteiger partial charge < -0.3 is 4.74 Å². The molecule has 0 N–H and O–H groups in total. The third-order valence-electron chi connectivity index (χ3n) is 3.51. The lowest BCUT2D eigenvalue weighted by Crippen LogP contribution is -2.12. The van der Waals surface area contributed by atoms with Crippen molar-refractivity contribution in [1.82, 2.24) is 4.98 Å². The number of benzene rings is 1. The molecule has 0 saturated heterocycles. The van der Waals surface area contributed by atoms with Gasteiger partial charge in [-0.15, -0.1) is 0 Å². The molecule has 0 unspecified atom stereocenters. The van der Waals surface area contributed by atoms with Crippen LogP contribution in [-0.4, -0.2) is 23.2 Å². The fourth-order valence-electron chi connectivity index (χ4n) is 2.38. The first-order chi connectivity index (χ1) is 10.2. The second kappa shape index (κ2) is 5.87. The smallest absolute Gasteiger partial charge is 0.188 e. The van der Waals surface area contributed by atoms with Crippen molar-refractivity contribution in [2.75, 3.05) is 6.61 Å². The molecular formula is C17H15NO3. The molecule has 1 aliphatic heterocycles. The first-order valence-electron chi connectivity index (χ1n) is 6.97. The van der Waals surface area contributed by atoms with E-state index in [1.54, 1.807) is 36.5 Å². The molecule has 1 aliphatic rings. The number of aryl methyl sites for hydroxylation is 1. The Kier molecular flexibility index (Phi) is 3.77. The Bertz CT molecular complexity index is 680. The maximum atomic E-state index is 12.2. The average Bonchev–Trinajstić information content (AvgIpc) is 2.55. The minimum Gasteiger partial charge on any atom is -0.493 e. The largest absolute Gasteiger partial charge is 0.493 e. The summed E-state index contributed by atoms with van der Waals surface area (Å²) in [6.07, 6.45) is 3.34. The Morgan fingerprint density at radius 1 is 1.14 bits per heavy atom. The highest BCUT2D eigenvalue weighted by Gasteiger charge is 2.17. The summed E-state index contributed by atoms with van der Waals surface area (Å²) in [7, 11) is 0. The van der Waals surface area contributed by atoms with Crippen molar-refractivity contribution in [2.24, 2.45) is 0 Å². The lowest BCUT2D eigenvalue weighted by molar-refractivity contribution is 0.0891. The van der Waals surface area contributed by atoms with Crippen molar-refractivity contribution < 1.29 is 14.3 Å². The normalized spacial score (nSPS) is 13.1. The summed E-state index contributed by atoms with van der Waals surface area (Å²) < 4.78 is 5.55. The maximum Gasteiger partial charge on any atom is 0.188 e. The van der Waals surface area contributed by atoms with Crippen LogP contribution in [0.25, 0.3) is 0 Å². The number of nitrogens with zero attached hydrogens (tertiary/aromatic N) is 1. The molecule has 0 radical (unpaired) electrons. The Balaban J connectivity index is 1.75. The van der Waals surface area contributed by atoms with Crippen LogP contribution in [0.15, 0.2) is 42.6 Å². The lowest BCUT2D eigenvalue weighted by Gasteiger charge is -2.17. The van der Waals surface area contributed by atoms with E-state index in [9.17, 15) is 9.59 Å². The van der Waals surface area contributed by atoms with Crippen LogP contribution in [-0.2, 0) is 6.42 Å². The maximum absolute atomic E-state index is 12.2. The monoisotopic (exact) mass is 281 g/mol. The van der Waals surface area contributed by atoms with Crippen LogP contribution in [0.3, 0.4) is 0 Å². The summed E-state index contributed by atoms with van der Waals surface area (Å²) in [6.45, 7) is 0.678. The molecule has 4 heteroatoms. The van der Waals surface area contributed by atoms with Gasteiger partial charge in [-0.3, -0.25) is 14.6 Å². The molecule has 0 fully saturated rings. The third kappa shape index (κ3) is 2.99. The van der Waals surface area contributed by atoms with E-state index in [2.05, 4.69) is 4.98 Å². The van der Waals surface area contributed by atoms with Crippen molar-refractivity contribution in [3.05, 3.63) is 59.4 Å². The lowest BCUT2D eigenvalue weighted by atomic mass is 9.99. The van der Waals surface area contributed by atoms with E-state index in [4.69, 9.17) is 4.74 Å². The molecule has 0 atom stereocenters. The van der Waals surface area contributed by atoms with Gasteiger partial charge in [0.25, 0.3) is 0 Å². The summed E-state index contributed by atoms with van der Waals surface area (Å²) in [5.41, 5.74) is 1.95. The van der Waals surface area contributed by atoms with Gasteiger partial charge in [0.2, 0.25) is 0 Å². The fourth-order valence-corrected chi connectivity index (χ4v) is 2.38. The molecule has 2 aromatic rings. The molecule has 3 rings (SSSR count). The molecule has 0 spiro atoms. The topological polar surface area (TPSA) is 56.3 Å². The number of ether oxygens (including phenoxy) is 1. The molecule has 0 amide bonds. The van der Waals surface area contributed by atoms with Gasteiger partial charge in [0.05, 0.1) is 13.0 Å². The van der Waals surface area contributed by atoms with E-state index in [1.807, 2.05) is 6.07 Å². The molecule has 2 heterocycles. The molecule has 4 nitrogen and oxygen atoms in total. The van der Waals surface area contributed by atoms with Gasteiger partial charge in [0.15, 0.2) is 11.6 Å². The summed E-state index contributed by atoms with van der Waals surface area (Å²) in [5.74, 6) is 0.291. The van der Waals surface area contributed by atoms with Crippen LogP contribution in [0.4, 0.5) is 0 Å². The highest BCUT2D eigenvalue weighted by molar-refractivity contribution is 6.12.